The minimum absolute atomic E-state index is 0.0323. The zero-order chi connectivity index (χ0) is 27.2. The quantitative estimate of drug-likeness (QED) is 0.144. The second kappa shape index (κ2) is 12.8. The van der Waals surface area contributed by atoms with Crippen molar-refractivity contribution in [3.63, 3.8) is 0 Å². The van der Waals surface area contributed by atoms with Crippen LogP contribution in [0, 0.1) is 11.6 Å². The molecule has 1 heterocycles. The Bertz CT molecular complexity index is 1500. The standard InChI is InChI=1S/C30H24ClF2NO3S2/c1-35-28-14-21(6-12-27(28)36-16-29-34-25-15-22(31)7-13-26(25)37-29)30(38-17-19-2-8-23(32)9-3-19)39-18-20-4-10-24(33)11-5-20/h2-15,30H,16-18H2,1H3. The van der Waals surface area contributed by atoms with Crippen LogP contribution in [0.4, 0.5) is 8.78 Å². The predicted octanol–water partition coefficient (Wildman–Crippen LogP) is 9.21. The van der Waals surface area contributed by atoms with Crippen LogP contribution in [0.25, 0.3) is 11.1 Å². The lowest BCUT2D eigenvalue weighted by molar-refractivity contribution is 0.253. The normalized spacial score (nSPS) is 11.3. The van der Waals surface area contributed by atoms with Crippen molar-refractivity contribution in [1.82, 2.24) is 4.98 Å². The predicted molar refractivity (Wildman–Crippen MR) is 154 cm³/mol. The zero-order valence-electron chi connectivity index (χ0n) is 20.9. The van der Waals surface area contributed by atoms with Gasteiger partial charge in [0.05, 0.1) is 11.7 Å². The molecular formula is C30H24ClF2NO3S2. The first-order valence-electron chi connectivity index (χ1n) is 12.0. The number of halogens is 3. The van der Waals surface area contributed by atoms with Gasteiger partial charge in [0.2, 0.25) is 5.89 Å². The van der Waals surface area contributed by atoms with Crippen molar-refractivity contribution in [1.29, 1.82) is 0 Å². The topological polar surface area (TPSA) is 44.5 Å². The first-order valence-corrected chi connectivity index (χ1v) is 14.5. The average Bonchev–Trinajstić information content (AvgIpc) is 3.36. The highest BCUT2D eigenvalue weighted by molar-refractivity contribution is 8.15. The van der Waals surface area contributed by atoms with Gasteiger partial charge in [-0.05, 0) is 71.3 Å². The zero-order valence-corrected chi connectivity index (χ0v) is 23.3. The van der Waals surface area contributed by atoms with Crippen molar-refractivity contribution in [3.8, 4) is 11.5 Å². The molecular weight excluding hydrogens is 560 g/mol. The molecule has 0 saturated carbocycles. The molecule has 0 fully saturated rings. The van der Waals surface area contributed by atoms with Gasteiger partial charge in [0.15, 0.2) is 23.7 Å². The summed E-state index contributed by atoms with van der Waals surface area (Å²) in [4.78, 5) is 4.44. The maximum atomic E-state index is 13.4. The van der Waals surface area contributed by atoms with Gasteiger partial charge in [0.1, 0.15) is 17.2 Å². The first kappa shape index (κ1) is 27.4. The Morgan fingerprint density at radius 2 is 1.46 bits per heavy atom. The molecule has 0 spiro atoms. The number of thioether (sulfide) groups is 2. The molecule has 5 rings (SSSR count). The molecule has 0 bridgehead atoms. The number of fused-ring (bicyclic) bond motifs is 1. The van der Waals surface area contributed by atoms with Gasteiger partial charge < -0.3 is 13.9 Å². The van der Waals surface area contributed by atoms with Gasteiger partial charge in [0, 0.05) is 16.5 Å². The van der Waals surface area contributed by atoms with Crippen LogP contribution in [-0.4, -0.2) is 12.1 Å². The SMILES string of the molecule is COc1cc(C(SCc2ccc(F)cc2)SCc2ccc(F)cc2)ccc1OCc1nc2cc(Cl)ccc2o1. The summed E-state index contributed by atoms with van der Waals surface area (Å²) in [5.41, 5.74) is 4.40. The first-order chi connectivity index (χ1) is 19.0. The Balaban J connectivity index is 1.32. The molecule has 0 aliphatic rings. The highest BCUT2D eigenvalue weighted by atomic mass is 35.5. The summed E-state index contributed by atoms with van der Waals surface area (Å²) in [6.07, 6.45) is 0. The van der Waals surface area contributed by atoms with Crippen LogP contribution >= 0.6 is 35.1 Å². The van der Waals surface area contributed by atoms with Crippen LogP contribution in [0.5, 0.6) is 11.5 Å². The number of benzene rings is 4. The molecule has 200 valence electrons. The fraction of sp³-hybridized carbons (Fsp3) is 0.167. The molecule has 0 N–H and O–H groups in total. The van der Waals surface area contributed by atoms with Crippen LogP contribution in [0.15, 0.2) is 89.3 Å². The molecule has 0 aliphatic carbocycles. The highest BCUT2D eigenvalue weighted by Gasteiger charge is 2.17. The Morgan fingerprint density at radius 1 is 0.821 bits per heavy atom. The number of ether oxygens (including phenoxy) is 2. The summed E-state index contributed by atoms with van der Waals surface area (Å²) in [5.74, 6) is 2.46. The molecule has 0 aliphatic heterocycles. The number of rotatable bonds is 11. The highest BCUT2D eigenvalue weighted by Crippen LogP contribution is 2.45. The molecule has 9 heteroatoms. The van der Waals surface area contributed by atoms with E-state index in [-0.39, 0.29) is 22.8 Å². The van der Waals surface area contributed by atoms with Crippen molar-refractivity contribution in [2.45, 2.75) is 22.7 Å². The van der Waals surface area contributed by atoms with Gasteiger partial charge in [-0.3, -0.25) is 0 Å². The summed E-state index contributed by atoms with van der Waals surface area (Å²) in [6.45, 7) is 0.129. The fourth-order valence-corrected chi connectivity index (χ4v) is 6.56. The van der Waals surface area contributed by atoms with E-state index in [4.69, 9.17) is 25.5 Å². The van der Waals surface area contributed by atoms with E-state index in [1.54, 1.807) is 73.1 Å². The molecule has 0 amide bonds. The van der Waals surface area contributed by atoms with E-state index in [2.05, 4.69) is 4.98 Å². The van der Waals surface area contributed by atoms with Crippen LogP contribution in [0.1, 0.15) is 27.2 Å². The summed E-state index contributed by atoms with van der Waals surface area (Å²) < 4.78 is 44.2. The van der Waals surface area contributed by atoms with Gasteiger partial charge in [-0.15, -0.1) is 23.5 Å². The Morgan fingerprint density at radius 3 is 2.08 bits per heavy atom. The van der Waals surface area contributed by atoms with E-state index in [1.807, 2.05) is 18.2 Å². The third-order valence-electron chi connectivity index (χ3n) is 5.83. The molecule has 0 unspecified atom stereocenters. The lowest BCUT2D eigenvalue weighted by Gasteiger charge is -2.19. The second-order valence-electron chi connectivity index (χ2n) is 8.63. The molecule has 0 saturated heterocycles. The molecule has 39 heavy (non-hydrogen) atoms. The van der Waals surface area contributed by atoms with Gasteiger partial charge in [-0.1, -0.05) is 41.9 Å². The van der Waals surface area contributed by atoms with Crippen LogP contribution < -0.4 is 9.47 Å². The van der Waals surface area contributed by atoms with Crippen molar-refractivity contribution >= 4 is 46.2 Å². The summed E-state index contributed by atoms with van der Waals surface area (Å²) in [7, 11) is 1.60. The number of hydrogen-bond acceptors (Lipinski definition) is 6. The molecule has 0 radical (unpaired) electrons. The van der Waals surface area contributed by atoms with Crippen molar-refractivity contribution in [2.24, 2.45) is 0 Å². The van der Waals surface area contributed by atoms with E-state index in [0.29, 0.717) is 45.0 Å². The fourth-order valence-electron chi connectivity index (χ4n) is 3.85. The van der Waals surface area contributed by atoms with Crippen LogP contribution in [-0.2, 0) is 18.1 Å². The summed E-state index contributed by atoms with van der Waals surface area (Å²) in [6, 6.07) is 24.2. The maximum absolute atomic E-state index is 13.4. The van der Waals surface area contributed by atoms with Crippen LogP contribution in [0.3, 0.4) is 0 Å². The third kappa shape index (κ3) is 7.26. The van der Waals surface area contributed by atoms with Gasteiger partial charge in [0.25, 0.3) is 0 Å². The smallest absolute Gasteiger partial charge is 0.233 e. The van der Waals surface area contributed by atoms with Crippen molar-refractivity contribution < 1.29 is 22.7 Å². The lowest BCUT2D eigenvalue weighted by atomic mass is 10.2. The van der Waals surface area contributed by atoms with E-state index in [0.717, 1.165) is 16.7 Å². The van der Waals surface area contributed by atoms with E-state index in [9.17, 15) is 8.78 Å². The maximum Gasteiger partial charge on any atom is 0.233 e. The number of nitrogens with zero attached hydrogens (tertiary/aromatic N) is 1. The third-order valence-corrected chi connectivity index (χ3v) is 9.04. The molecule has 5 aromatic rings. The Labute approximate surface area is 238 Å². The molecule has 4 aromatic carbocycles. The largest absolute Gasteiger partial charge is 0.493 e. The second-order valence-corrected chi connectivity index (χ2v) is 11.5. The Kier molecular flexibility index (Phi) is 8.96. The number of aromatic nitrogens is 1. The number of hydrogen-bond donors (Lipinski definition) is 0. The Hall–Kier alpha value is -3.20. The van der Waals surface area contributed by atoms with Gasteiger partial charge in [-0.2, -0.15) is 0 Å². The van der Waals surface area contributed by atoms with Crippen molar-refractivity contribution in [2.75, 3.05) is 7.11 Å². The molecule has 0 atom stereocenters. The lowest BCUT2D eigenvalue weighted by Crippen LogP contribution is -2.00. The van der Waals surface area contributed by atoms with Crippen LogP contribution in [0.2, 0.25) is 5.02 Å². The minimum atomic E-state index is -0.257. The summed E-state index contributed by atoms with van der Waals surface area (Å²) >= 11 is 9.50. The monoisotopic (exact) mass is 583 g/mol. The number of methoxy groups -OCH3 is 1. The summed E-state index contributed by atoms with van der Waals surface area (Å²) in [5, 5.41) is 0.588. The average molecular weight is 584 g/mol. The van der Waals surface area contributed by atoms with Gasteiger partial charge >= 0.3 is 0 Å². The van der Waals surface area contributed by atoms with E-state index >= 15 is 0 Å². The van der Waals surface area contributed by atoms with E-state index in [1.165, 1.54) is 24.3 Å². The van der Waals surface area contributed by atoms with E-state index < -0.39 is 0 Å². The molecule has 1 aromatic heterocycles. The van der Waals surface area contributed by atoms with Gasteiger partial charge in [-0.25, -0.2) is 13.8 Å². The van der Waals surface area contributed by atoms with Crippen molar-refractivity contribution in [3.05, 3.63) is 124 Å². The molecule has 4 nitrogen and oxygen atoms in total. The number of oxazole rings is 1. The minimum Gasteiger partial charge on any atom is -0.493 e.